The molecule has 0 amide bonds. The topological polar surface area (TPSA) is 71.8 Å². The lowest BCUT2D eigenvalue weighted by molar-refractivity contribution is -0.0230. The van der Waals surface area contributed by atoms with E-state index in [9.17, 15) is 13.5 Å². The van der Waals surface area contributed by atoms with Gasteiger partial charge in [-0.2, -0.15) is 4.31 Å². The normalized spacial score (nSPS) is 25.0. The Balaban J connectivity index is 2.36. The smallest absolute Gasteiger partial charge is 0.245 e. The second kappa shape index (κ2) is 5.85. The van der Waals surface area contributed by atoms with Gasteiger partial charge in [-0.1, -0.05) is 6.92 Å². The van der Waals surface area contributed by atoms with Gasteiger partial charge in [-0.3, -0.25) is 0 Å². The van der Waals surface area contributed by atoms with Crippen LogP contribution in [0.4, 0.5) is 0 Å². The first-order valence-corrected chi connectivity index (χ1v) is 8.23. The number of morpholine rings is 1. The molecule has 6 nitrogen and oxygen atoms in total. The summed E-state index contributed by atoms with van der Waals surface area (Å²) in [6.07, 6.45) is 2.16. The fourth-order valence-electron chi connectivity index (χ4n) is 2.44. The third-order valence-electron chi connectivity index (χ3n) is 3.74. The number of ether oxygens (including phenoxy) is 1. The van der Waals surface area contributed by atoms with Crippen LogP contribution < -0.4 is 0 Å². The van der Waals surface area contributed by atoms with Crippen LogP contribution in [0.3, 0.4) is 0 Å². The Hall–Kier alpha value is -0.890. The summed E-state index contributed by atoms with van der Waals surface area (Å²) < 4.78 is 34.2. The van der Waals surface area contributed by atoms with Gasteiger partial charge in [0.15, 0.2) is 0 Å². The Morgan fingerprint density at radius 1 is 1.50 bits per heavy atom. The third kappa shape index (κ3) is 2.76. The molecule has 1 fully saturated rings. The average molecular weight is 302 g/mol. The molecule has 7 heteroatoms. The molecule has 0 bridgehead atoms. The summed E-state index contributed by atoms with van der Waals surface area (Å²) in [5, 5.41) is 9.20. The number of rotatable bonds is 4. The number of hydrogen-bond acceptors (Lipinski definition) is 4. The number of aromatic nitrogens is 1. The monoisotopic (exact) mass is 302 g/mol. The molecule has 2 atom stereocenters. The molecule has 1 aliphatic rings. The van der Waals surface area contributed by atoms with Crippen LogP contribution in [0, 0.1) is 0 Å². The fraction of sp³-hybridized carbons (Fsp3) is 0.692. The van der Waals surface area contributed by atoms with Gasteiger partial charge in [0, 0.05) is 31.5 Å². The van der Waals surface area contributed by atoms with E-state index < -0.39 is 10.0 Å². The second-order valence-corrected chi connectivity index (χ2v) is 7.11. The van der Waals surface area contributed by atoms with E-state index in [1.165, 1.54) is 10.4 Å². The fourth-order valence-corrected chi connectivity index (χ4v) is 4.30. The van der Waals surface area contributed by atoms with Crippen molar-refractivity contribution in [2.24, 2.45) is 7.05 Å². The van der Waals surface area contributed by atoms with Crippen LogP contribution in [0.15, 0.2) is 17.2 Å². The Morgan fingerprint density at radius 2 is 2.20 bits per heavy atom. The molecule has 1 saturated heterocycles. The minimum Gasteiger partial charge on any atom is -0.390 e. The highest BCUT2D eigenvalue weighted by molar-refractivity contribution is 7.89. The van der Waals surface area contributed by atoms with E-state index in [0.717, 1.165) is 0 Å². The van der Waals surface area contributed by atoms with Crippen LogP contribution in [-0.2, 0) is 28.4 Å². The lowest BCUT2D eigenvalue weighted by Gasteiger charge is -2.36. The predicted octanol–water partition coefficient (Wildman–Crippen LogP) is 0.705. The molecule has 0 spiro atoms. The quantitative estimate of drug-likeness (QED) is 0.889. The van der Waals surface area contributed by atoms with Crippen LogP contribution in [0.25, 0.3) is 0 Å². The standard InChI is InChI=1S/C13H22N2O4S/c1-4-11-9-19-10(2)6-15(11)20(17,18)13-5-12(8-16)14(3)7-13/h5,7,10-11,16H,4,6,8-9H2,1-3H3. The minimum absolute atomic E-state index is 0.103. The van der Waals surface area contributed by atoms with Crippen molar-refractivity contribution in [2.75, 3.05) is 13.2 Å². The highest BCUT2D eigenvalue weighted by atomic mass is 32.2. The first-order chi connectivity index (χ1) is 9.40. The number of aryl methyl sites for hydroxylation is 1. The molecular formula is C13H22N2O4S. The predicted molar refractivity (Wildman–Crippen MR) is 74.7 cm³/mol. The zero-order valence-corrected chi connectivity index (χ0v) is 12.9. The summed E-state index contributed by atoms with van der Waals surface area (Å²) in [6.45, 7) is 4.44. The molecule has 20 heavy (non-hydrogen) atoms. The number of aliphatic hydroxyl groups is 1. The van der Waals surface area contributed by atoms with E-state index in [-0.39, 0.29) is 23.6 Å². The van der Waals surface area contributed by atoms with Crippen molar-refractivity contribution < 1.29 is 18.3 Å². The number of hydrogen-bond donors (Lipinski definition) is 1. The Kier molecular flexibility index (Phi) is 4.53. The first-order valence-electron chi connectivity index (χ1n) is 6.79. The molecule has 1 aromatic heterocycles. The van der Waals surface area contributed by atoms with E-state index in [2.05, 4.69) is 0 Å². The second-order valence-electron chi connectivity index (χ2n) is 5.22. The lowest BCUT2D eigenvalue weighted by atomic mass is 10.2. The van der Waals surface area contributed by atoms with E-state index in [0.29, 0.717) is 25.3 Å². The molecule has 2 rings (SSSR count). The molecule has 114 valence electrons. The molecule has 0 radical (unpaired) electrons. The van der Waals surface area contributed by atoms with Gasteiger partial charge in [-0.25, -0.2) is 8.42 Å². The summed E-state index contributed by atoms with van der Waals surface area (Å²) in [5.41, 5.74) is 0.581. The Bertz CT molecular complexity index is 567. The summed E-state index contributed by atoms with van der Waals surface area (Å²) in [5.74, 6) is 0. The first kappa shape index (κ1) is 15.5. The van der Waals surface area contributed by atoms with Gasteiger partial charge >= 0.3 is 0 Å². The van der Waals surface area contributed by atoms with E-state index in [4.69, 9.17) is 4.74 Å². The minimum atomic E-state index is -3.55. The molecule has 2 unspecified atom stereocenters. The SMILES string of the molecule is CCC1COC(C)CN1S(=O)(=O)c1cc(CO)n(C)c1. The van der Waals surface area contributed by atoms with Crippen molar-refractivity contribution in [2.45, 2.75) is 43.9 Å². The number of aliphatic hydroxyl groups excluding tert-OH is 1. The molecule has 1 N–H and O–H groups in total. The molecular weight excluding hydrogens is 280 g/mol. The van der Waals surface area contributed by atoms with Crippen molar-refractivity contribution in [3.8, 4) is 0 Å². The van der Waals surface area contributed by atoms with Gasteiger partial charge in [0.2, 0.25) is 10.0 Å². The highest BCUT2D eigenvalue weighted by Crippen LogP contribution is 2.25. The molecule has 1 aliphatic heterocycles. The summed E-state index contributed by atoms with van der Waals surface area (Å²) >= 11 is 0. The molecule has 0 saturated carbocycles. The summed E-state index contributed by atoms with van der Waals surface area (Å²) in [4.78, 5) is 0.233. The maximum absolute atomic E-state index is 12.8. The number of sulfonamides is 1. The van der Waals surface area contributed by atoms with Gasteiger partial charge in [0.1, 0.15) is 4.90 Å². The summed E-state index contributed by atoms with van der Waals surface area (Å²) in [6, 6.07) is 1.40. The van der Waals surface area contributed by atoms with Crippen LogP contribution >= 0.6 is 0 Å². The van der Waals surface area contributed by atoms with Crippen molar-refractivity contribution in [3.05, 3.63) is 18.0 Å². The average Bonchev–Trinajstić information content (AvgIpc) is 2.80. The van der Waals surface area contributed by atoms with E-state index in [1.54, 1.807) is 17.8 Å². The van der Waals surface area contributed by atoms with Gasteiger partial charge in [-0.15, -0.1) is 0 Å². The van der Waals surface area contributed by atoms with Crippen LogP contribution in [0.2, 0.25) is 0 Å². The maximum Gasteiger partial charge on any atom is 0.245 e. The molecule has 0 aromatic carbocycles. The molecule has 0 aliphatic carbocycles. The number of nitrogens with zero attached hydrogens (tertiary/aromatic N) is 2. The van der Waals surface area contributed by atoms with Crippen molar-refractivity contribution in [1.82, 2.24) is 8.87 Å². The molecule has 1 aromatic rings. The van der Waals surface area contributed by atoms with Gasteiger partial charge in [0.05, 0.1) is 19.3 Å². The van der Waals surface area contributed by atoms with Crippen molar-refractivity contribution in [3.63, 3.8) is 0 Å². The van der Waals surface area contributed by atoms with Crippen LogP contribution in [0.1, 0.15) is 26.0 Å². The Morgan fingerprint density at radius 3 is 2.75 bits per heavy atom. The van der Waals surface area contributed by atoms with Crippen molar-refractivity contribution >= 4 is 10.0 Å². The van der Waals surface area contributed by atoms with Crippen molar-refractivity contribution in [1.29, 1.82) is 0 Å². The van der Waals surface area contributed by atoms with Crippen LogP contribution in [0.5, 0.6) is 0 Å². The van der Waals surface area contributed by atoms with Gasteiger partial charge < -0.3 is 14.4 Å². The van der Waals surface area contributed by atoms with Gasteiger partial charge in [0.25, 0.3) is 0 Å². The zero-order valence-electron chi connectivity index (χ0n) is 12.1. The Labute approximate surface area is 120 Å². The molecule has 2 heterocycles. The van der Waals surface area contributed by atoms with E-state index in [1.807, 2.05) is 13.8 Å². The van der Waals surface area contributed by atoms with E-state index >= 15 is 0 Å². The lowest BCUT2D eigenvalue weighted by Crippen LogP contribution is -2.51. The summed E-state index contributed by atoms with van der Waals surface area (Å²) in [7, 11) is -1.82. The highest BCUT2D eigenvalue weighted by Gasteiger charge is 2.36. The van der Waals surface area contributed by atoms with Gasteiger partial charge in [-0.05, 0) is 19.4 Å². The third-order valence-corrected chi connectivity index (χ3v) is 5.62. The largest absolute Gasteiger partial charge is 0.390 e. The maximum atomic E-state index is 12.8. The zero-order chi connectivity index (χ0) is 14.9. The van der Waals surface area contributed by atoms with Crippen LogP contribution in [-0.4, -0.2) is 47.7 Å².